The first-order valence-corrected chi connectivity index (χ1v) is 10.6. The molecule has 2 heterocycles. The second kappa shape index (κ2) is 9.76. The number of carbonyl (C=O) groups is 1. The molecule has 7 nitrogen and oxygen atoms in total. The van der Waals surface area contributed by atoms with Gasteiger partial charge in [0.15, 0.2) is 0 Å². The third-order valence-electron chi connectivity index (χ3n) is 5.53. The Morgan fingerprint density at radius 2 is 1.97 bits per heavy atom. The molecule has 1 aromatic heterocycles. The van der Waals surface area contributed by atoms with Gasteiger partial charge in [-0.1, -0.05) is 6.07 Å². The zero-order valence-electron chi connectivity index (χ0n) is 17.7. The molecule has 0 saturated carbocycles. The monoisotopic (exact) mass is 420 g/mol. The summed E-state index contributed by atoms with van der Waals surface area (Å²) in [6.07, 6.45) is 2.64. The van der Waals surface area contributed by atoms with Crippen molar-refractivity contribution in [2.75, 3.05) is 44.7 Å². The summed E-state index contributed by atoms with van der Waals surface area (Å²) < 4.78 is 5.36. The van der Waals surface area contributed by atoms with Crippen molar-refractivity contribution >= 4 is 28.2 Å². The van der Waals surface area contributed by atoms with Gasteiger partial charge in [0, 0.05) is 54.2 Å². The van der Waals surface area contributed by atoms with Gasteiger partial charge in [0.05, 0.1) is 18.7 Å². The molecule has 1 amide bonds. The number of hydrogen-bond donors (Lipinski definition) is 3. The van der Waals surface area contributed by atoms with Gasteiger partial charge in [-0.15, -0.1) is 0 Å². The van der Waals surface area contributed by atoms with Crippen LogP contribution in [0.2, 0.25) is 0 Å². The largest absolute Gasteiger partial charge is 0.508 e. The molecule has 7 heteroatoms. The van der Waals surface area contributed by atoms with Crippen LogP contribution in [0.4, 0.5) is 11.4 Å². The van der Waals surface area contributed by atoms with Crippen molar-refractivity contribution < 1.29 is 14.6 Å². The summed E-state index contributed by atoms with van der Waals surface area (Å²) in [7, 11) is 0. The van der Waals surface area contributed by atoms with E-state index in [-0.39, 0.29) is 11.7 Å². The van der Waals surface area contributed by atoms with Gasteiger partial charge in [0.25, 0.3) is 5.91 Å². The quantitative estimate of drug-likeness (QED) is 0.508. The van der Waals surface area contributed by atoms with Gasteiger partial charge in [-0.3, -0.25) is 14.7 Å². The Kier molecular flexibility index (Phi) is 6.64. The third-order valence-corrected chi connectivity index (χ3v) is 5.53. The third kappa shape index (κ3) is 5.31. The number of nitrogens with one attached hydrogen (secondary N) is 2. The highest BCUT2D eigenvalue weighted by Crippen LogP contribution is 2.29. The summed E-state index contributed by atoms with van der Waals surface area (Å²) in [6, 6.07) is 12.6. The van der Waals surface area contributed by atoms with E-state index < -0.39 is 0 Å². The molecule has 31 heavy (non-hydrogen) atoms. The normalized spacial score (nSPS) is 14.5. The summed E-state index contributed by atoms with van der Waals surface area (Å²) in [5.74, 6) is 0.107. The van der Waals surface area contributed by atoms with Crippen LogP contribution in [-0.4, -0.2) is 60.3 Å². The van der Waals surface area contributed by atoms with Crippen molar-refractivity contribution in [3.05, 3.63) is 59.8 Å². The van der Waals surface area contributed by atoms with Gasteiger partial charge in [-0.25, -0.2) is 0 Å². The first-order valence-electron chi connectivity index (χ1n) is 10.6. The number of benzene rings is 2. The highest BCUT2D eigenvalue weighted by molar-refractivity contribution is 6.01. The van der Waals surface area contributed by atoms with E-state index in [0.717, 1.165) is 67.1 Å². The van der Waals surface area contributed by atoms with Crippen LogP contribution in [0.3, 0.4) is 0 Å². The van der Waals surface area contributed by atoms with Crippen molar-refractivity contribution in [3.63, 3.8) is 0 Å². The number of phenolic OH excluding ortho intramolecular Hbond substituents is 1. The Hall–Kier alpha value is -3.16. The number of pyridine rings is 1. The fourth-order valence-corrected chi connectivity index (χ4v) is 3.72. The summed E-state index contributed by atoms with van der Waals surface area (Å²) in [5, 5.41) is 17.1. The number of aromatic nitrogens is 1. The van der Waals surface area contributed by atoms with Crippen LogP contribution in [0, 0.1) is 6.92 Å². The lowest BCUT2D eigenvalue weighted by molar-refractivity contribution is 0.0374. The number of phenols is 1. The summed E-state index contributed by atoms with van der Waals surface area (Å²) >= 11 is 0. The number of aryl methyl sites for hydroxylation is 1. The van der Waals surface area contributed by atoms with E-state index in [9.17, 15) is 9.90 Å². The number of rotatable bonds is 7. The molecule has 1 saturated heterocycles. The number of amides is 1. The Bertz CT molecular complexity index is 1060. The molecule has 4 rings (SSSR count). The van der Waals surface area contributed by atoms with Crippen LogP contribution in [0.1, 0.15) is 22.3 Å². The highest BCUT2D eigenvalue weighted by atomic mass is 16.5. The van der Waals surface area contributed by atoms with Gasteiger partial charge in [0.1, 0.15) is 5.75 Å². The summed E-state index contributed by atoms with van der Waals surface area (Å²) in [4.78, 5) is 19.5. The smallest absolute Gasteiger partial charge is 0.251 e. The highest BCUT2D eigenvalue weighted by Gasteiger charge is 2.12. The Balaban J connectivity index is 1.44. The first-order chi connectivity index (χ1) is 15.1. The van der Waals surface area contributed by atoms with Crippen molar-refractivity contribution in [2.45, 2.75) is 13.3 Å². The minimum absolute atomic E-state index is 0.0905. The molecule has 0 spiro atoms. The Labute approximate surface area is 182 Å². The van der Waals surface area contributed by atoms with Crippen LogP contribution in [-0.2, 0) is 4.74 Å². The van der Waals surface area contributed by atoms with Crippen LogP contribution >= 0.6 is 0 Å². The molecule has 1 aliphatic rings. The molecule has 0 unspecified atom stereocenters. The standard InChI is InChI=1S/C24H28N4O3/c1-17-3-5-19(29)16-23(17)27-22-7-9-25-21-6-4-18(15-20(21)22)24(30)26-8-2-10-28-11-13-31-14-12-28/h3-7,9,15-16,29H,2,8,10-14H2,1H3,(H,25,27)(H,26,30). The van der Waals surface area contributed by atoms with E-state index in [2.05, 4.69) is 20.5 Å². The summed E-state index contributed by atoms with van der Waals surface area (Å²) in [5.41, 5.74) is 4.05. The molecule has 3 N–H and O–H groups in total. The Morgan fingerprint density at radius 1 is 1.13 bits per heavy atom. The average molecular weight is 421 g/mol. The van der Waals surface area contributed by atoms with Crippen molar-refractivity contribution in [1.29, 1.82) is 0 Å². The average Bonchev–Trinajstić information content (AvgIpc) is 2.79. The molecule has 3 aromatic rings. The van der Waals surface area contributed by atoms with Crippen LogP contribution < -0.4 is 10.6 Å². The van der Waals surface area contributed by atoms with Gasteiger partial charge >= 0.3 is 0 Å². The molecule has 0 bridgehead atoms. The van der Waals surface area contributed by atoms with Gasteiger partial charge in [-0.2, -0.15) is 0 Å². The number of carbonyl (C=O) groups excluding carboxylic acids is 1. The topological polar surface area (TPSA) is 86.7 Å². The second-order valence-corrected chi connectivity index (χ2v) is 7.78. The number of nitrogens with zero attached hydrogens (tertiary/aromatic N) is 2. The zero-order chi connectivity index (χ0) is 21.6. The molecule has 0 radical (unpaired) electrons. The van der Waals surface area contributed by atoms with Crippen LogP contribution in [0.15, 0.2) is 48.7 Å². The number of morpholine rings is 1. The molecular formula is C24H28N4O3. The second-order valence-electron chi connectivity index (χ2n) is 7.78. The first kappa shape index (κ1) is 21.1. The maximum atomic E-state index is 12.7. The maximum Gasteiger partial charge on any atom is 0.251 e. The lowest BCUT2D eigenvalue weighted by Crippen LogP contribution is -2.38. The van der Waals surface area contributed by atoms with Crippen LogP contribution in [0.5, 0.6) is 5.75 Å². The SMILES string of the molecule is Cc1ccc(O)cc1Nc1ccnc2ccc(C(=O)NCCCN3CCOCC3)cc12. The Morgan fingerprint density at radius 3 is 2.81 bits per heavy atom. The lowest BCUT2D eigenvalue weighted by atomic mass is 10.1. The minimum atomic E-state index is -0.0905. The molecule has 162 valence electrons. The zero-order valence-corrected chi connectivity index (χ0v) is 17.7. The van der Waals surface area contributed by atoms with Crippen molar-refractivity contribution in [1.82, 2.24) is 15.2 Å². The summed E-state index contributed by atoms with van der Waals surface area (Å²) in [6.45, 7) is 7.06. The molecule has 0 atom stereocenters. The van der Waals surface area contributed by atoms with E-state index in [4.69, 9.17) is 4.74 Å². The van der Waals surface area contributed by atoms with Gasteiger partial charge in [0.2, 0.25) is 0 Å². The number of aromatic hydroxyl groups is 1. The van der Waals surface area contributed by atoms with Crippen LogP contribution in [0.25, 0.3) is 10.9 Å². The number of ether oxygens (including phenoxy) is 1. The fourth-order valence-electron chi connectivity index (χ4n) is 3.72. The maximum absolute atomic E-state index is 12.7. The molecule has 1 aliphatic heterocycles. The van der Waals surface area contributed by atoms with E-state index >= 15 is 0 Å². The van der Waals surface area contributed by atoms with Gasteiger partial charge in [-0.05, 0) is 55.8 Å². The van der Waals surface area contributed by atoms with E-state index in [1.54, 1.807) is 24.4 Å². The lowest BCUT2D eigenvalue weighted by Gasteiger charge is -2.26. The fraction of sp³-hybridized carbons (Fsp3) is 0.333. The minimum Gasteiger partial charge on any atom is -0.508 e. The van der Waals surface area contributed by atoms with Crippen molar-refractivity contribution in [3.8, 4) is 5.75 Å². The molecule has 2 aromatic carbocycles. The molecule has 0 aliphatic carbocycles. The predicted octanol–water partition coefficient (Wildman–Crippen LogP) is 3.44. The van der Waals surface area contributed by atoms with E-state index in [1.807, 2.05) is 31.2 Å². The van der Waals surface area contributed by atoms with Crippen molar-refractivity contribution in [2.24, 2.45) is 0 Å². The van der Waals surface area contributed by atoms with E-state index in [1.165, 1.54) is 0 Å². The van der Waals surface area contributed by atoms with Gasteiger partial charge < -0.3 is 20.5 Å². The number of fused-ring (bicyclic) bond motifs is 1. The molecular weight excluding hydrogens is 392 g/mol. The number of hydrogen-bond acceptors (Lipinski definition) is 6. The number of anilines is 2. The predicted molar refractivity (Wildman–Crippen MR) is 122 cm³/mol. The van der Waals surface area contributed by atoms with E-state index in [0.29, 0.717) is 12.1 Å². The molecule has 1 fully saturated rings.